The molecule has 0 bridgehead atoms. The predicted octanol–water partition coefficient (Wildman–Crippen LogP) is 1.24. The zero-order chi connectivity index (χ0) is 19.4. The number of allylic oxidation sites excluding steroid dienone is 2. The van der Waals surface area contributed by atoms with Crippen LogP contribution in [0.4, 0.5) is 0 Å². The van der Waals surface area contributed by atoms with Gasteiger partial charge in [-0.15, -0.1) is 0 Å². The van der Waals surface area contributed by atoms with Gasteiger partial charge < -0.3 is 20.1 Å². The molecule has 3 fully saturated rings. The molecule has 3 N–H and O–H groups in total. The first-order chi connectivity index (χ1) is 12.7. The van der Waals surface area contributed by atoms with Gasteiger partial charge in [-0.1, -0.05) is 12.5 Å². The second-order valence-corrected chi connectivity index (χ2v) is 9.50. The van der Waals surface area contributed by atoms with Crippen LogP contribution >= 0.6 is 0 Å². The average Bonchev–Trinajstić information content (AvgIpc) is 3.39. The van der Waals surface area contributed by atoms with E-state index in [1.807, 2.05) is 6.92 Å². The number of ketones is 2. The van der Waals surface area contributed by atoms with E-state index >= 15 is 0 Å². The third-order valence-electron chi connectivity index (χ3n) is 8.66. The number of fused-ring (bicyclic) bond motifs is 6. The SMILES string of the molecule is C[C@@]12C(=CC(=O)C3=C1O3)CC[C@@H]1[C@@H]2[C@@H](O)C[C@@]2(C)[C@H]1CC[C@]2(O)C(=O)CO. The van der Waals surface area contributed by atoms with Crippen molar-refractivity contribution >= 4 is 11.6 Å². The van der Waals surface area contributed by atoms with Crippen LogP contribution in [-0.2, 0) is 14.3 Å². The predicted molar refractivity (Wildman–Crippen MR) is 94.0 cm³/mol. The van der Waals surface area contributed by atoms with E-state index in [0.29, 0.717) is 30.8 Å². The number of ether oxygens (including phenoxy) is 1. The van der Waals surface area contributed by atoms with Crippen molar-refractivity contribution in [2.75, 3.05) is 6.61 Å². The Morgan fingerprint density at radius 1 is 1.33 bits per heavy atom. The lowest BCUT2D eigenvalue weighted by molar-refractivity contribution is -0.179. The zero-order valence-corrected chi connectivity index (χ0v) is 15.7. The molecule has 0 aromatic rings. The Morgan fingerprint density at radius 3 is 2.78 bits per heavy atom. The standard InChI is InChI=1S/C21H26O6/c1-19-8-14(24)16-11(12(19)5-6-21(19,26)15(25)9-22)4-3-10-7-13(23)17-18(27-17)20(10,16)2/h7,11-12,14,16,22,24,26H,3-6,8-9H2,1-2H3/t11-,12-,14-,16+,19-,20-,21-/m0/s1. The highest BCUT2D eigenvalue weighted by Gasteiger charge is 2.70. The first-order valence-corrected chi connectivity index (χ1v) is 9.91. The molecular weight excluding hydrogens is 348 g/mol. The minimum atomic E-state index is -1.58. The van der Waals surface area contributed by atoms with Crippen molar-refractivity contribution in [3.63, 3.8) is 0 Å². The lowest BCUT2D eigenvalue weighted by Gasteiger charge is -2.58. The van der Waals surface area contributed by atoms with Gasteiger partial charge in [0.15, 0.2) is 11.5 Å². The van der Waals surface area contributed by atoms with Crippen LogP contribution in [0.3, 0.4) is 0 Å². The van der Waals surface area contributed by atoms with E-state index in [2.05, 4.69) is 6.92 Å². The summed E-state index contributed by atoms with van der Waals surface area (Å²) in [4.78, 5) is 24.5. The van der Waals surface area contributed by atoms with Gasteiger partial charge in [0.25, 0.3) is 0 Å². The molecule has 4 aliphatic carbocycles. The third kappa shape index (κ3) is 1.87. The summed E-state index contributed by atoms with van der Waals surface area (Å²) in [5.74, 6) is 0.651. The van der Waals surface area contributed by atoms with Crippen molar-refractivity contribution in [2.24, 2.45) is 28.6 Å². The fourth-order valence-corrected chi connectivity index (χ4v) is 7.28. The molecule has 0 unspecified atom stereocenters. The van der Waals surface area contributed by atoms with Crippen molar-refractivity contribution in [1.82, 2.24) is 0 Å². The summed E-state index contributed by atoms with van der Waals surface area (Å²) in [5, 5.41) is 31.8. The summed E-state index contributed by atoms with van der Waals surface area (Å²) in [5.41, 5.74) is -1.78. The van der Waals surface area contributed by atoms with Gasteiger partial charge in [0.05, 0.1) is 11.5 Å². The summed E-state index contributed by atoms with van der Waals surface area (Å²) in [6, 6.07) is 0. The minimum absolute atomic E-state index is 0.0742. The number of Topliss-reactive ketones (excluding diaryl/α,β-unsaturated/α-hetero) is 1. The molecule has 5 rings (SSSR count). The highest BCUT2D eigenvalue weighted by molar-refractivity contribution is 6.07. The molecular formula is C21H26O6. The van der Waals surface area contributed by atoms with E-state index in [-0.39, 0.29) is 23.5 Å². The van der Waals surface area contributed by atoms with Gasteiger partial charge in [-0.2, -0.15) is 0 Å². The van der Waals surface area contributed by atoms with Crippen molar-refractivity contribution in [1.29, 1.82) is 0 Å². The fraction of sp³-hybridized carbons (Fsp3) is 0.714. The molecule has 0 aromatic heterocycles. The van der Waals surface area contributed by atoms with Crippen LogP contribution in [0.15, 0.2) is 23.2 Å². The molecule has 27 heavy (non-hydrogen) atoms. The van der Waals surface area contributed by atoms with Crippen molar-refractivity contribution < 1.29 is 29.6 Å². The Bertz CT molecular complexity index is 827. The molecule has 0 amide bonds. The van der Waals surface area contributed by atoms with E-state index < -0.39 is 34.9 Å². The van der Waals surface area contributed by atoms with Gasteiger partial charge in [0, 0.05) is 11.3 Å². The summed E-state index contributed by atoms with van der Waals surface area (Å²) in [7, 11) is 0. The van der Waals surface area contributed by atoms with Crippen LogP contribution in [0.25, 0.3) is 0 Å². The molecule has 146 valence electrons. The zero-order valence-electron chi connectivity index (χ0n) is 15.7. The molecule has 7 atom stereocenters. The molecule has 6 heteroatoms. The molecule has 5 aliphatic rings. The summed E-state index contributed by atoms with van der Waals surface area (Å²) < 4.78 is 5.58. The van der Waals surface area contributed by atoms with Crippen LogP contribution in [0.2, 0.25) is 0 Å². The topological polar surface area (TPSA) is 107 Å². The van der Waals surface area contributed by atoms with Gasteiger partial charge in [-0.25, -0.2) is 0 Å². The summed E-state index contributed by atoms with van der Waals surface area (Å²) >= 11 is 0. The second-order valence-electron chi connectivity index (χ2n) is 9.50. The number of carbonyl (C=O) groups excluding carboxylic acids is 2. The van der Waals surface area contributed by atoms with Crippen molar-refractivity contribution in [3.05, 3.63) is 23.2 Å². The van der Waals surface area contributed by atoms with Crippen LogP contribution < -0.4 is 0 Å². The maximum absolute atomic E-state index is 12.4. The Hall–Kier alpha value is -1.50. The Balaban J connectivity index is 1.57. The average molecular weight is 374 g/mol. The van der Waals surface area contributed by atoms with Crippen LogP contribution in [0.5, 0.6) is 0 Å². The minimum Gasteiger partial charge on any atom is -0.449 e. The number of hydrogen-bond donors (Lipinski definition) is 3. The number of aliphatic hydroxyl groups is 3. The lowest BCUT2D eigenvalue weighted by atomic mass is 9.46. The Morgan fingerprint density at radius 2 is 2.07 bits per heavy atom. The molecule has 0 aromatic carbocycles. The fourth-order valence-electron chi connectivity index (χ4n) is 7.28. The largest absolute Gasteiger partial charge is 0.449 e. The third-order valence-corrected chi connectivity index (χ3v) is 8.66. The first-order valence-electron chi connectivity index (χ1n) is 9.91. The molecule has 1 heterocycles. The molecule has 0 saturated heterocycles. The maximum Gasteiger partial charge on any atom is 0.224 e. The molecule has 0 spiro atoms. The highest BCUT2D eigenvalue weighted by atomic mass is 16.6. The molecule has 0 radical (unpaired) electrons. The monoisotopic (exact) mass is 374 g/mol. The first kappa shape index (κ1) is 17.6. The van der Waals surface area contributed by atoms with E-state index in [1.165, 1.54) is 0 Å². The number of carbonyl (C=O) groups is 2. The van der Waals surface area contributed by atoms with Crippen LogP contribution in [0, 0.1) is 28.6 Å². The van der Waals surface area contributed by atoms with Crippen molar-refractivity contribution in [3.8, 4) is 0 Å². The summed E-state index contributed by atoms with van der Waals surface area (Å²) in [6.45, 7) is 3.28. The highest BCUT2D eigenvalue weighted by Crippen LogP contribution is 2.70. The Labute approximate surface area is 157 Å². The van der Waals surface area contributed by atoms with Crippen molar-refractivity contribution in [2.45, 2.75) is 57.7 Å². The van der Waals surface area contributed by atoms with Gasteiger partial charge in [-0.05, 0) is 56.9 Å². The van der Waals surface area contributed by atoms with E-state index in [1.54, 1.807) is 6.08 Å². The summed E-state index contributed by atoms with van der Waals surface area (Å²) in [6.07, 6.45) is 3.88. The second kappa shape index (κ2) is 5.10. The van der Waals surface area contributed by atoms with Gasteiger partial charge in [-0.3, -0.25) is 9.59 Å². The van der Waals surface area contributed by atoms with Gasteiger partial charge in [0.1, 0.15) is 12.2 Å². The smallest absolute Gasteiger partial charge is 0.224 e. The number of rotatable bonds is 2. The van der Waals surface area contributed by atoms with Crippen LogP contribution in [0.1, 0.15) is 46.0 Å². The number of aliphatic hydroxyl groups excluding tert-OH is 2. The number of hydrogen-bond acceptors (Lipinski definition) is 6. The molecule has 6 nitrogen and oxygen atoms in total. The Kier molecular flexibility index (Phi) is 3.32. The van der Waals surface area contributed by atoms with Crippen LogP contribution in [-0.4, -0.2) is 45.2 Å². The lowest BCUT2D eigenvalue weighted by Crippen LogP contribution is -2.61. The normalized spacial score (nSPS) is 50.1. The van der Waals surface area contributed by atoms with Gasteiger partial charge >= 0.3 is 0 Å². The van der Waals surface area contributed by atoms with Gasteiger partial charge in [0.2, 0.25) is 11.5 Å². The van der Waals surface area contributed by atoms with E-state index in [9.17, 15) is 24.9 Å². The quantitative estimate of drug-likeness (QED) is 0.671. The maximum atomic E-state index is 12.4. The molecule has 1 aliphatic heterocycles. The molecule has 3 saturated carbocycles. The van der Waals surface area contributed by atoms with E-state index in [4.69, 9.17) is 4.74 Å². The van der Waals surface area contributed by atoms with E-state index in [0.717, 1.165) is 18.4 Å².